The summed E-state index contributed by atoms with van der Waals surface area (Å²) < 4.78 is 4.55. The van der Waals surface area contributed by atoms with Crippen LogP contribution in [-0.4, -0.2) is 34.7 Å². The molecule has 0 aliphatic rings. The molecule has 0 rings (SSSR count). The molecule has 0 aromatic rings. The second-order valence-electron chi connectivity index (χ2n) is 3.00. The zero-order chi connectivity index (χ0) is 14.3. The van der Waals surface area contributed by atoms with E-state index in [2.05, 4.69) is 4.74 Å². The normalized spacial score (nSPS) is 7.76. The number of carboxylic acid groups (broad SMARTS) is 2. The van der Waals surface area contributed by atoms with E-state index in [1.807, 2.05) is 13.8 Å². The van der Waals surface area contributed by atoms with Gasteiger partial charge in [-0.3, -0.25) is 14.4 Å². The number of hydrogen-bond donors (Lipinski definition) is 2. The molecule has 0 amide bonds. The van der Waals surface area contributed by atoms with Crippen molar-refractivity contribution < 1.29 is 29.3 Å². The third-order valence-electron chi connectivity index (χ3n) is 0.973. The first-order chi connectivity index (χ1) is 7.77. The number of ether oxygens (including phenoxy) is 1. The van der Waals surface area contributed by atoms with Gasteiger partial charge in [0.05, 0.1) is 6.61 Å². The fourth-order valence-corrected chi connectivity index (χ4v) is 0.460. The van der Waals surface area contributed by atoms with Gasteiger partial charge in [-0.1, -0.05) is 13.8 Å². The lowest BCUT2D eigenvalue weighted by Crippen LogP contribution is -1.98. The molecule has 17 heavy (non-hydrogen) atoms. The summed E-state index contributed by atoms with van der Waals surface area (Å²) >= 11 is 0. The van der Waals surface area contributed by atoms with E-state index in [9.17, 15) is 9.59 Å². The Morgan fingerprint density at radius 2 is 1.41 bits per heavy atom. The van der Waals surface area contributed by atoms with Gasteiger partial charge in [-0.25, -0.2) is 0 Å². The SMILES string of the molecule is CC(=O)O.CCCC(=O)O.CCCOC(C)=O. The van der Waals surface area contributed by atoms with E-state index in [1.54, 1.807) is 0 Å². The van der Waals surface area contributed by atoms with Crippen LogP contribution in [0.3, 0.4) is 0 Å². The topological polar surface area (TPSA) is 101 Å². The summed E-state index contributed by atoms with van der Waals surface area (Å²) in [6.45, 7) is 6.85. The summed E-state index contributed by atoms with van der Waals surface area (Å²) in [5.41, 5.74) is 0. The third-order valence-corrected chi connectivity index (χ3v) is 0.973. The van der Waals surface area contributed by atoms with E-state index in [0.717, 1.165) is 19.8 Å². The molecule has 102 valence electrons. The zero-order valence-electron chi connectivity index (χ0n) is 10.9. The second kappa shape index (κ2) is 16.8. The largest absolute Gasteiger partial charge is 0.481 e. The maximum atomic E-state index is 9.98. The Morgan fingerprint density at radius 1 is 1.00 bits per heavy atom. The summed E-state index contributed by atoms with van der Waals surface area (Å²) in [6.07, 6.45) is 1.93. The van der Waals surface area contributed by atoms with E-state index in [0.29, 0.717) is 13.0 Å². The average Bonchev–Trinajstić information content (AvgIpc) is 2.14. The highest BCUT2D eigenvalue weighted by Gasteiger charge is 1.87. The lowest BCUT2D eigenvalue weighted by atomic mass is 10.4. The fraction of sp³-hybridized carbons (Fsp3) is 0.727. The van der Waals surface area contributed by atoms with E-state index in [1.165, 1.54) is 6.92 Å². The maximum absolute atomic E-state index is 9.98. The molecule has 0 saturated carbocycles. The standard InChI is InChI=1S/C5H10O2.C4H8O2.C2H4O2/c1-3-4-7-5(2)6;1-2-3-4(5)6;1-2(3)4/h3-4H2,1-2H3;2-3H2,1H3,(H,5,6);1H3,(H,3,4). The Bertz CT molecular complexity index is 208. The minimum Gasteiger partial charge on any atom is -0.481 e. The van der Waals surface area contributed by atoms with Crippen LogP contribution in [0, 0.1) is 0 Å². The van der Waals surface area contributed by atoms with Crippen LogP contribution in [-0.2, 0) is 19.1 Å². The van der Waals surface area contributed by atoms with Crippen molar-refractivity contribution >= 4 is 17.9 Å². The molecule has 0 fully saturated rings. The molecule has 0 aliphatic heterocycles. The third kappa shape index (κ3) is 75.8. The minimum absolute atomic E-state index is 0.193. The van der Waals surface area contributed by atoms with Gasteiger partial charge in [0.25, 0.3) is 5.97 Å². The highest BCUT2D eigenvalue weighted by molar-refractivity contribution is 5.66. The Labute approximate surface area is 102 Å². The highest BCUT2D eigenvalue weighted by atomic mass is 16.5. The van der Waals surface area contributed by atoms with Crippen molar-refractivity contribution in [2.45, 2.75) is 47.0 Å². The lowest BCUT2D eigenvalue weighted by Gasteiger charge is -1.93. The molecule has 0 radical (unpaired) electrons. The molecule has 0 saturated heterocycles. The molecule has 0 unspecified atom stereocenters. The van der Waals surface area contributed by atoms with Crippen molar-refractivity contribution in [2.75, 3.05) is 6.61 Å². The summed E-state index contributed by atoms with van der Waals surface area (Å²) in [5, 5.41) is 15.3. The number of aliphatic carboxylic acids is 2. The van der Waals surface area contributed by atoms with Gasteiger partial charge in [-0.05, 0) is 12.8 Å². The molecule has 0 spiro atoms. The predicted molar refractivity (Wildman–Crippen MR) is 62.8 cm³/mol. The van der Waals surface area contributed by atoms with Crippen LogP contribution in [0.25, 0.3) is 0 Å². The van der Waals surface area contributed by atoms with Gasteiger partial charge in [0.2, 0.25) is 0 Å². The molecule has 6 heteroatoms. The van der Waals surface area contributed by atoms with Crippen molar-refractivity contribution in [3.63, 3.8) is 0 Å². The first-order valence-corrected chi connectivity index (χ1v) is 5.32. The number of carbonyl (C=O) groups is 3. The van der Waals surface area contributed by atoms with Crippen LogP contribution in [0.4, 0.5) is 0 Å². The lowest BCUT2D eigenvalue weighted by molar-refractivity contribution is -0.141. The molecule has 2 N–H and O–H groups in total. The van der Waals surface area contributed by atoms with Gasteiger partial charge in [-0.2, -0.15) is 0 Å². The van der Waals surface area contributed by atoms with Gasteiger partial charge in [0, 0.05) is 20.3 Å². The number of rotatable bonds is 4. The Balaban J connectivity index is -0.000000180. The van der Waals surface area contributed by atoms with E-state index in [-0.39, 0.29) is 5.97 Å². The zero-order valence-corrected chi connectivity index (χ0v) is 10.9. The van der Waals surface area contributed by atoms with Crippen molar-refractivity contribution in [3.05, 3.63) is 0 Å². The van der Waals surface area contributed by atoms with E-state index < -0.39 is 11.9 Å². The minimum atomic E-state index is -0.833. The number of esters is 1. The molecular formula is C11H22O6. The summed E-state index contributed by atoms with van der Waals surface area (Å²) in [7, 11) is 0. The molecule has 6 nitrogen and oxygen atoms in total. The quantitative estimate of drug-likeness (QED) is 0.739. The number of carboxylic acids is 2. The van der Waals surface area contributed by atoms with Gasteiger partial charge < -0.3 is 14.9 Å². The van der Waals surface area contributed by atoms with Gasteiger partial charge in [-0.15, -0.1) is 0 Å². The van der Waals surface area contributed by atoms with Crippen LogP contribution in [0.2, 0.25) is 0 Å². The predicted octanol–water partition coefficient (Wildman–Crippen LogP) is 1.92. The van der Waals surface area contributed by atoms with Crippen molar-refractivity contribution in [3.8, 4) is 0 Å². The first-order valence-electron chi connectivity index (χ1n) is 5.32. The molecule has 0 heterocycles. The Kier molecular flexibility index (Phi) is 20.6. The number of carbonyl (C=O) groups excluding carboxylic acids is 1. The van der Waals surface area contributed by atoms with Crippen molar-refractivity contribution in [2.24, 2.45) is 0 Å². The average molecular weight is 250 g/mol. The smallest absolute Gasteiger partial charge is 0.303 e. The number of hydrogen-bond acceptors (Lipinski definition) is 4. The van der Waals surface area contributed by atoms with Crippen LogP contribution in [0.5, 0.6) is 0 Å². The van der Waals surface area contributed by atoms with Gasteiger partial charge in [0.1, 0.15) is 0 Å². The van der Waals surface area contributed by atoms with Gasteiger partial charge >= 0.3 is 11.9 Å². The molecule has 0 atom stereocenters. The second-order valence-corrected chi connectivity index (χ2v) is 3.00. The molecule has 0 aromatic heterocycles. The summed E-state index contributed by atoms with van der Waals surface area (Å²) in [5.74, 6) is -1.74. The Morgan fingerprint density at radius 3 is 1.47 bits per heavy atom. The van der Waals surface area contributed by atoms with Gasteiger partial charge in [0.15, 0.2) is 0 Å². The van der Waals surface area contributed by atoms with E-state index >= 15 is 0 Å². The molecule has 0 aliphatic carbocycles. The molecule has 0 bridgehead atoms. The maximum Gasteiger partial charge on any atom is 0.303 e. The van der Waals surface area contributed by atoms with Crippen LogP contribution >= 0.6 is 0 Å². The fourth-order valence-electron chi connectivity index (χ4n) is 0.460. The molecular weight excluding hydrogens is 228 g/mol. The van der Waals surface area contributed by atoms with Crippen LogP contribution < -0.4 is 0 Å². The highest BCUT2D eigenvalue weighted by Crippen LogP contribution is 1.82. The molecule has 0 aromatic carbocycles. The van der Waals surface area contributed by atoms with Crippen molar-refractivity contribution in [1.82, 2.24) is 0 Å². The summed E-state index contributed by atoms with van der Waals surface area (Å²) in [6, 6.07) is 0. The van der Waals surface area contributed by atoms with E-state index in [4.69, 9.17) is 15.0 Å². The van der Waals surface area contributed by atoms with Crippen molar-refractivity contribution in [1.29, 1.82) is 0 Å². The van der Waals surface area contributed by atoms with Crippen LogP contribution in [0.15, 0.2) is 0 Å². The summed E-state index contributed by atoms with van der Waals surface area (Å²) in [4.78, 5) is 28.6. The first kappa shape index (κ1) is 20.8. The monoisotopic (exact) mass is 250 g/mol. The van der Waals surface area contributed by atoms with Crippen LogP contribution in [0.1, 0.15) is 47.0 Å². The Hall–Kier alpha value is -1.59.